The zero-order valence-electron chi connectivity index (χ0n) is 9.79. The summed E-state index contributed by atoms with van der Waals surface area (Å²) >= 11 is 0. The molecule has 0 spiro atoms. The van der Waals surface area contributed by atoms with Gasteiger partial charge in [-0.25, -0.2) is 4.79 Å². The summed E-state index contributed by atoms with van der Waals surface area (Å²) in [5.41, 5.74) is 4.39. The van der Waals surface area contributed by atoms with Crippen LogP contribution in [0, 0.1) is 0 Å². The average Bonchev–Trinajstić information content (AvgIpc) is 2.50. The molecule has 1 fully saturated rings. The maximum absolute atomic E-state index is 11.1. The second-order valence-electron chi connectivity index (χ2n) is 4.72. The van der Waals surface area contributed by atoms with Crippen LogP contribution < -0.4 is 0 Å². The van der Waals surface area contributed by atoms with E-state index < -0.39 is 8.07 Å². The molecule has 4 heteroatoms. The lowest BCUT2D eigenvalue weighted by Gasteiger charge is -2.11. The highest BCUT2D eigenvalue weighted by atomic mass is 28.3. The van der Waals surface area contributed by atoms with Crippen molar-refractivity contribution in [3.05, 3.63) is 22.9 Å². The first-order valence-electron chi connectivity index (χ1n) is 5.01. The summed E-state index contributed by atoms with van der Waals surface area (Å²) in [4.78, 5) is 11.1. The Labute approximate surface area is 91.8 Å². The van der Waals surface area contributed by atoms with Gasteiger partial charge >= 0.3 is 5.97 Å². The van der Waals surface area contributed by atoms with Crippen LogP contribution >= 0.6 is 0 Å². The zero-order valence-corrected chi connectivity index (χ0v) is 10.8. The van der Waals surface area contributed by atoms with Crippen molar-refractivity contribution >= 4 is 14.0 Å². The number of hydrogen-bond acceptors (Lipinski definition) is 3. The molecule has 0 aromatic rings. The molecule has 84 valence electrons. The van der Waals surface area contributed by atoms with Crippen molar-refractivity contribution in [2.24, 2.45) is 0 Å². The largest absolute Gasteiger partial charge is 0.466 e. The Morgan fingerprint density at radius 3 is 2.47 bits per heavy atom. The lowest BCUT2D eigenvalue weighted by molar-refractivity contribution is -0.134. The Morgan fingerprint density at radius 1 is 1.33 bits per heavy atom. The van der Waals surface area contributed by atoms with Gasteiger partial charge in [0.1, 0.15) is 0 Å². The molecule has 0 N–H and O–H groups in total. The molecule has 0 unspecified atom stereocenters. The minimum absolute atomic E-state index is 0.308. The molecule has 0 bridgehead atoms. The van der Waals surface area contributed by atoms with Gasteiger partial charge in [-0.2, -0.15) is 0 Å². The van der Waals surface area contributed by atoms with Gasteiger partial charge in [0.15, 0.2) is 0 Å². The number of esters is 1. The summed E-state index contributed by atoms with van der Waals surface area (Å²) < 4.78 is 9.94. The van der Waals surface area contributed by atoms with Crippen LogP contribution in [0.1, 0.15) is 0 Å². The molecule has 1 saturated heterocycles. The van der Waals surface area contributed by atoms with Crippen LogP contribution in [0.5, 0.6) is 0 Å². The summed E-state index contributed by atoms with van der Waals surface area (Å²) in [5.74, 6) is -0.308. The van der Waals surface area contributed by atoms with E-state index in [1.54, 1.807) is 0 Å². The number of ether oxygens (including phenoxy) is 2. The molecule has 0 aromatic heterocycles. The lowest BCUT2D eigenvalue weighted by Crippen LogP contribution is -2.17. The SMILES string of the molecule is COC(=O)/C=C1/COC/C1=C/[Si](C)(C)C. The summed E-state index contributed by atoms with van der Waals surface area (Å²) in [6.07, 6.45) is 1.53. The molecule has 0 amide bonds. The van der Waals surface area contributed by atoms with E-state index >= 15 is 0 Å². The Hall–Kier alpha value is -0.873. The lowest BCUT2D eigenvalue weighted by atomic mass is 10.1. The Morgan fingerprint density at radius 2 is 1.93 bits per heavy atom. The van der Waals surface area contributed by atoms with Gasteiger partial charge in [0.25, 0.3) is 0 Å². The van der Waals surface area contributed by atoms with Crippen LogP contribution in [0.4, 0.5) is 0 Å². The third-order valence-corrected chi connectivity index (χ3v) is 3.24. The fourth-order valence-corrected chi connectivity index (χ4v) is 2.76. The standard InChI is InChI=1S/C11H18O3Si/c1-13-11(12)5-9-6-14-7-10(9)8-15(2,3)4/h5,8H,6-7H2,1-4H3/b9-5-,10-8-. The van der Waals surface area contributed by atoms with E-state index in [1.807, 2.05) is 0 Å². The van der Waals surface area contributed by atoms with Crippen molar-refractivity contribution in [3.8, 4) is 0 Å². The topological polar surface area (TPSA) is 35.5 Å². The summed E-state index contributed by atoms with van der Waals surface area (Å²) in [6.45, 7) is 7.91. The van der Waals surface area contributed by atoms with Crippen molar-refractivity contribution in [2.75, 3.05) is 20.3 Å². The normalized spacial score (nSPS) is 22.4. The van der Waals surface area contributed by atoms with Gasteiger partial charge in [-0.1, -0.05) is 25.3 Å². The van der Waals surface area contributed by atoms with Gasteiger partial charge in [-0.15, -0.1) is 0 Å². The number of rotatable bonds is 2. The number of carbonyl (C=O) groups excluding carboxylic acids is 1. The van der Waals surface area contributed by atoms with Crippen LogP contribution in [0.25, 0.3) is 0 Å². The van der Waals surface area contributed by atoms with Gasteiger partial charge in [0.05, 0.1) is 28.4 Å². The van der Waals surface area contributed by atoms with Crippen LogP contribution in [-0.4, -0.2) is 34.4 Å². The molecule has 0 atom stereocenters. The number of hydrogen-bond donors (Lipinski definition) is 0. The minimum Gasteiger partial charge on any atom is -0.466 e. The summed E-state index contributed by atoms with van der Waals surface area (Å²) in [7, 11) is 0.126. The highest BCUT2D eigenvalue weighted by Crippen LogP contribution is 2.21. The molecule has 0 saturated carbocycles. The predicted molar refractivity (Wildman–Crippen MR) is 62.3 cm³/mol. The quantitative estimate of drug-likeness (QED) is 0.410. The number of carbonyl (C=O) groups is 1. The molecule has 15 heavy (non-hydrogen) atoms. The fraction of sp³-hybridized carbons (Fsp3) is 0.545. The van der Waals surface area contributed by atoms with Crippen LogP contribution in [-0.2, 0) is 14.3 Å². The molecule has 0 aromatic carbocycles. The third kappa shape index (κ3) is 4.01. The Bertz CT molecular complexity index is 310. The maximum atomic E-state index is 11.1. The Kier molecular flexibility index (Phi) is 3.88. The van der Waals surface area contributed by atoms with Crippen molar-refractivity contribution < 1.29 is 14.3 Å². The maximum Gasteiger partial charge on any atom is 0.330 e. The van der Waals surface area contributed by atoms with Gasteiger partial charge in [-0.05, 0) is 11.1 Å². The molecule has 1 rings (SSSR count). The van der Waals surface area contributed by atoms with Crippen molar-refractivity contribution in [1.82, 2.24) is 0 Å². The molecular formula is C11H18O3Si. The van der Waals surface area contributed by atoms with Crippen molar-refractivity contribution in [1.29, 1.82) is 0 Å². The van der Waals surface area contributed by atoms with Gasteiger partial charge < -0.3 is 9.47 Å². The van der Waals surface area contributed by atoms with Gasteiger partial charge in [-0.3, -0.25) is 0 Å². The first-order chi connectivity index (χ1) is 6.92. The smallest absolute Gasteiger partial charge is 0.330 e. The molecular weight excluding hydrogens is 208 g/mol. The molecule has 0 radical (unpaired) electrons. The predicted octanol–water partition coefficient (Wildman–Crippen LogP) is 1.92. The Balaban J connectivity index is 2.87. The molecule has 1 heterocycles. The first kappa shape index (κ1) is 12.2. The van der Waals surface area contributed by atoms with E-state index in [1.165, 1.54) is 13.2 Å². The van der Waals surface area contributed by atoms with E-state index in [-0.39, 0.29) is 5.97 Å². The van der Waals surface area contributed by atoms with Gasteiger partial charge in [0, 0.05) is 6.08 Å². The second kappa shape index (κ2) is 4.77. The van der Waals surface area contributed by atoms with E-state index in [2.05, 4.69) is 30.1 Å². The highest BCUT2D eigenvalue weighted by molar-refractivity contribution is 6.81. The monoisotopic (exact) mass is 226 g/mol. The minimum atomic E-state index is -1.26. The van der Waals surface area contributed by atoms with Crippen LogP contribution in [0.15, 0.2) is 22.9 Å². The highest BCUT2D eigenvalue weighted by Gasteiger charge is 2.19. The molecule has 0 aliphatic carbocycles. The van der Waals surface area contributed by atoms with Crippen LogP contribution in [0.3, 0.4) is 0 Å². The molecule has 3 nitrogen and oxygen atoms in total. The average molecular weight is 226 g/mol. The zero-order chi connectivity index (χ0) is 11.5. The van der Waals surface area contributed by atoms with E-state index in [0.29, 0.717) is 13.2 Å². The summed E-state index contributed by atoms with van der Waals surface area (Å²) in [6, 6.07) is 0. The van der Waals surface area contributed by atoms with Crippen molar-refractivity contribution in [3.63, 3.8) is 0 Å². The first-order valence-corrected chi connectivity index (χ1v) is 8.58. The second-order valence-corrected chi connectivity index (χ2v) is 9.74. The number of methoxy groups -OCH3 is 1. The molecule has 1 aliphatic rings. The fourth-order valence-electron chi connectivity index (χ4n) is 1.45. The van der Waals surface area contributed by atoms with E-state index in [4.69, 9.17) is 4.74 Å². The third-order valence-electron chi connectivity index (χ3n) is 2.03. The molecule has 1 aliphatic heterocycles. The van der Waals surface area contributed by atoms with E-state index in [0.717, 1.165) is 11.1 Å². The van der Waals surface area contributed by atoms with Crippen molar-refractivity contribution in [2.45, 2.75) is 19.6 Å². The summed E-state index contributed by atoms with van der Waals surface area (Å²) in [5, 5.41) is 0. The van der Waals surface area contributed by atoms with Gasteiger partial charge in [0.2, 0.25) is 0 Å². The van der Waals surface area contributed by atoms with Crippen LogP contribution in [0.2, 0.25) is 19.6 Å². The van der Waals surface area contributed by atoms with E-state index in [9.17, 15) is 4.79 Å².